The first kappa shape index (κ1) is 13.8. The molecule has 1 heterocycles. The van der Waals surface area contributed by atoms with Crippen LogP contribution in [0, 0.1) is 0 Å². The minimum Gasteiger partial charge on any atom is -0.254 e. The van der Waals surface area contributed by atoms with Crippen LogP contribution in [0.1, 0.15) is 5.56 Å². The zero-order valence-corrected chi connectivity index (χ0v) is 12.5. The first-order chi connectivity index (χ1) is 7.80. The molecule has 0 aliphatic carbocycles. The van der Waals surface area contributed by atoms with Crippen molar-refractivity contribution in [2.75, 3.05) is 0 Å². The summed E-state index contributed by atoms with van der Waals surface area (Å²) in [6, 6.07) is 3.11. The average molecular weight is 350 g/mol. The molecule has 2 rings (SSSR count). The van der Waals surface area contributed by atoms with E-state index in [1.807, 2.05) is 0 Å². The summed E-state index contributed by atoms with van der Waals surface area (Å²) in [6.45, 7) is 0. The van der Waals surface area contributed by atoms with Gasteiger partial charge in [-0.1, -0.05) is 69.6 Å². The van der Waals surface area contributed by atoms with E-state index in [-0.39, 0.29) is 5.02 Å². The smallest absolute Gasteiger partial charge is 0.218 e. The van der Waals surface area contributed by atoms with E-state index in [2.05, 4.69) is 4.98 Å². The third kappa shape index (κ3) is 2.70. The maximum Gasteiger partial charge on any atom is 0.218 e. The minimum atomic E-state index is -1.63. The molecule has 1 aromatic carbocycles. The highest BCUT2D eigenvalue weighted by Crippen LogP contribution is 2.45. The average Bonchev–Trinajstić information content (AvgIpc) is 2.22. The van der Waals surface area contributed by atoms with Crippen molar-refractivity contribution < 1.29 is 0 Å². The fourth-order valence-electron chi connectivity index (χ4n) is 1.42. The van der Waals surface area contributed by atoms with Gasteiger partial charge in [0, 0.05) is 17.1 Å². The molecule has 0 saturated carbocycles. The van der Waals surface area contributed by atoms with Crippen LogP contribution in [0.15, 0.2) is 18.3 Å². The minimum absolute atomic E-state index is 0.282. The second-order valence-electron chi connectivity index (χ2n) is 3.27. The summed E-state index contributed by atoms with van der Waals surface area (Å²) in [7, 11) is 0. The van der Waals surface area contributed by atoms with Crippen LogP contribution in [-0.2, 0) is 3.79 Å². The van der Waals surface area contributed by atoms with Gasteiger partial charge in [0.05, 0.1) is 20.6 Å². The van der Waals surface area contributed by atoms with Crippen LogP contribution in [-0.4, -0.2) is 4.98 Å². The largest absolute Gasteiger partial charge is 0.254 e. The lowest BCUT2D eigenvalue weighted by Crippen LogP contribution is -2.03. The predicted molar refractivity (Wildman–Crippen MR) is 76.0 cm³/mol. The lowest BCUT2D eigenvalue weighted by Gasteiger charge is -2.15. The molecule has 1 aromatic heterocycles. The Kier molecular flexibility index (Phi) is 3.90. The van der Waals surface area contributed by atoms with Crippen molar-refractivity contribution in [3.63, 3.8) is 0 Å². The van der Waals surface area contributed by atoms with E-state index in [4.69, 9.17) is 69.6 Å². The molecular formula is C10H3Cl6N. The first-order valence-electron chi connectivity index (χ1n) is 4.31. The highest BCUT2D eigenvalue weighted by atomic mass is 35.6. The van der Waals surface area contributed by atoms with E-state index in [9.17, 15) is 0 Å². The van der Waals surface area contributed by atoms with Gasteiger partial charge in [0.1, 0.15) is 0 Å². The number of hydrogen-bond donors (Lipinski definition) is 0. The Balaban J connectivity index is 2.92. The summed E-state index contributed by atoms with van der Waals surface area (Å²) in [6.07, 6.45) is 1.45. The Labute approximate surface area is 128 Å². The van der Waals surface area contributed by atoms with Gasteiger partial charge in [-0.25, -0.2) is 0 Å². The van der Waals surface area contributed by atoms with E-state index in [1.165, 1.54) is 12.3 Å². The predicted octanol–water partition coefficient (Wildman–Crippen LogP) is 6.02. The number of hydrogen-bond acceptors (Lipinski definition) is 1. The van der Waals surface area contributed by atoms with Crippen molar-refractivity contribution in [1.82, 2.24) is 4.98 Å². The van der Waals surface area contributed by atoms with Crippen LogP contribution >= 0.6 is 69.6 Å². The molecule has 90 valence electrons. The van der Waals surface area contributed by atoms with Gasteiger partial charge < -0.3 is 0 Å². The highest BCUT2D eigenvalue weighted by molar-refractivity contribution is 6.67. The Morgan fingerprint density at radius 2 is 1.65 bits per heavy atom. The molecule has 0 radical (unpaired) electrons. The van der Waals surface area contributed by atoms with Gasteiger partial charge in [0.2, 0.25) is 3.79 Å². The van der Waals surface area contributed by atoms with Gasteiger partial charge in [0.25, 0.3) is 0 Å². The molecule has 0 aliphatic heterocycles. The lowest BCUT2D eigenvalue weighted by molar-refractivity contribution is 1.24. The van der Waals surface area contributed by atoms with Gasteiger partial charge in [-0.2, -0.15) is 0 Å². The van der Waals surface area contributed by atoms with E-state index < -0.39 is 3.79 Å². The molecule has 0 atom stereocenters. The monoisotopic (exact) mass is 347 g/mol. The summed E-state index contributed by atoms with van der Waals surface area (Å²) in [5.74, 6) is 0. The zero-order chi connectivity index (χ0) is 12.8. The van der Waals surface area contributed by atoms with Gasteiger partial charge in [0.15, 0.2) is 0 Å². The number of aromatic nitrogens is 1. The van der Waals surface area contributed by atoms with Crippen molar-refractivity contribution in [2.24, 2.45) is 0 Å². The number of alkyl halides is 3. The van der Waals surface area contributed by atoms with Gasteiger partial charge in [-0.3, -0.25) is 4.98 Å². The molecular weight excluding hydrogens is 347 g/mol. The van der Waals surface area contributed by atoms with Crippen molar-refractivity contribution in [1.29, 1.82) is 0 Å². The molecule has 0 N–H and O–H groups in total. The second kappa shape index (κ2) is 4.80. The standard InChI is InChI=1S/C10H3Cl6N/c11-4-1-5-8(13)7(12)2-6(10(14,15)16)9(5)17-3-4/h1-3H. The molecule has 1 nitrogen and oxygen atoms in total. The van der Waals surface area contributed by atoms with Crippen molar-refractivity contribution in [3.8, 4) is 0 Å². The second-order valence-corrected chi connectivity index (χ2v) is 6.77. The Morgan fingerprint density at radius 1 is 1.00 bits per heavy atom. The van der Waals surface area contributed by atoms with Gasteiger partial charge in [-0.15, -0.1) is 0 Å². The number of nitrogens with zero attached hydrogens (tertiary/aromatic N) is 1. The van der Waals surface area contributed by atoms with Gasteiger partial charge in [-0.05, 0) is 12.1 Å². The van der Waals surface area contributed by atoms with E-state index >= 15 is 0 Å². The number of halogens is 6. The zero-order valence-electron chi connectivity index (χ0n) is 7.95. The SMILES string of the molecule is Clc1cnc2c(C(Cl)(Cl)Cl)cc(Cl)c(Cl)c2c1. The number of rotatable bonds is 0. The molecule has 7 heteroatoms. The Hall–Kier alpha value is 0.370. The maximum absolute atomic E-state index is 6.06. The normalized spacial score (nSPS) is 12.1. The van der Waals surface area contributed by atoms with Crippen molar-refractivity contribution >= 4 is 80.5 Å². The maximum atomic E-state index is 6.06. The number of benzene rings is 1. The van der Waals surface area contributed by atoms with Gasteiger partial charge >= 0.3 is 0 Å². The topological polar surface area (TPSA) is 12.9 Å². The Bertz CT molecular complexity index is 589. The summed E-state index contributed by atoms with van der Waals surface area (Å²) in [5, 5.41) is 1.59. The molecule has 17 heavy (non-hydrogen) atoms. The highest BCUT2D eigenvalue weighted by Gasteiger charge is 2.28. The summed E-state index contributed by atoms with van der Waals surface area (Å²) in [4.78, 5) is 4.12. The third-order valence-electron chi connectivity index (χ3n) is 2.13. The lowest BCUT2D eigenvalue weighted by atomic mass is 10.1. The van der Waals surface area contributed by atoms with Crippen LogP contribution in [0.4, 0.5) is 0 Å². The van der Waals surface area contributed by atoms with Crippen molar-refractivity contribution in [2.45, 2.75) is 3.79 Å². The molecule has 0 aliphatic rings. The molecule has 2 aromatic rings. The molecule has 0 spiro atoms. The first-order valence-corrected chi connectivity index (χ1v) is 6.58. The third-order valence-corrected chi connectivity index (χ3v) is 3.75. The molecule has 0 amide bonds. The van der Waals surface area contributed by atoms with E-state index in [1.54, 1.807) is 6.07 Å². The molecule has 0 unspecified atom stereocenters. The van der Waals surface area contributed by atoms with Crippen LogP contribution in [0.25, 0.3) is 10.9 Å². The fraction of sp³-hybridized carbons (Fsp3) is 0.100. The van der Waals surface area contributed by atoms with Crippen molar-refractivity contribution in [3.05, 3.63) is 39.0 Å². The number of fused-ring (bicyclic) bond motifs is 1. The summed E-state index contributed by atoms with van der Waals surface area (Å²) < 4.78 is -1.63. The van der Waals surface area contributed by atoms with E-state index in [0.717, 1.165) is 0 Å². The van der Waals surface area contributed by atoms with Crippen LogP contribution in [0.2, 0.25) is 15.1 Å². The summed E-state index contributed by atoms with van der Waals surface area (Å²) in [5.41, 5.74) is 0.826. The van der Waals surface area contributed by atoms with Crippen LogP contribution in [0.5, 0.6) is 0 Å². The number of pyridine rings is 1. The summed E-state index contributed by atoms with van der Waals surface area (Å²) >= 11 is 35.5. The molecule has 0 bridgehead atoms. The molecule has 0 fully saturated rings. The van der Waals surface area contributed by atoms with Crippen LogP contribution < -0.4 is 0 Å². The molecule has 0 saturated heterocycles. The quantitative estimate of drug-likeness (QED) is 0.530. The Morgan fingerprint density at radius 3 is 2.24 bits per heavy atom. The van der Waals surface area contributed by atoms with Crippen LogP contribution in [0.3, 0.4) is 0 Å². The fourth-order valence-corrected chi connectivity index (χ4v) is 2.42. The van der Waals surface area contributed by atoms with E-state index in [0.29, 0.717) is 26.5 Å².